The van der Waals surface area contributed by atoms with E-state index in [1.165, 1.54) is 0 Å². The third kappa shape index (κ3) is 28.0. The second-order valence-corrected chi connectivity index (χ2v) is 37.4. The highest BCUT2D eigenvalue weighted by atomic mass is 16.8. The zero-order valence-electron chi connectivity index (χ0n) is 80.5. The van der Waals surface area contributed by atoms with Gasteiger partial charge in [-0.3, -0.25) is 28.8 Å². The van der Waals surface area contributed by atoms with Crippen molar-refractivity contribution in [2.24, 2.45) is 0 Å². The molecule has 0 radical (unpaired) electrons. The molecule has 0 aromatic carbocycles. The molecule has 11 fully saturated rings. The van der Waals surface area contributed by atoms with Crippen LogP contribution in [-0.2, 0) is 138 Å². The van der Waals surface area contributed by atoms with Gasteiger partial charge >= 0.3 is 5.97 Å². The van der Waals surface area contributed by atoms with Crippen LogP contribution in [0.4, 0.5) is 0 Å². The average Bonchev–Trinajstić information content (AvgIpc) is 0.753. The second kappa shape index (κ2) is 55.1. The largest absolute Gasteiger partial charge is 0.477 e. The number of aliphatic carboxylic acids is 1. The molecular weight excluding hydrogens is 2060 g/mol. The van der Waals surface area contributed by atoms with Gasteiger partial charge in [0.1, 0.15) is 262 Å². The Balaban J connectivity index is 0.884. The maximum absolute atomic E-state index is 13.5. The molecule has 150 heavy (non-hydrogen) atoms. The van der Waals surface area contributed by atoms with E-state index in [-0.39, 0.29) is 6.41 Å². The number of aliphatic hydroxyl groups is 31. The second-order valence-electron chi connectivity index (χ2n) is 37.4. The van der Waals surface area contributed by atoms with E-state index in [1.807, 2.05) is 0 Å². The fraction of sp³-hybridized carbons (Fsp3) is 0.916. The minimum absolute atomic E-state index is 0.222. The standard InChI is InChI=1S/C83H138N6O61/c1-21(102)85-39-27(107)6-83(82(127)128,149-67(39)44(109)28(108)8-91)150-71-48(113)32(12-95)134-81(61(71)126)144-65-36(16-99)138-75(43(53(65)118)89-25(5)106)148-70-49(114)38(140-80(60(70)125)143-64-35(15-98)137-74(42(52(64)117)88-24(4)105)147-69-47(112)31(11-94)133-79(59(69)124)145-66-37(17-100)139-76(57(122)55(66)120)129-18-26(7-90)84-20-101)19-130-72-40(86-22(2)103)50(115)62(33(13-96)135-72)142-78-58(123)68(46(111)30(10-93)132-78)146-73-41(87-23(3)104)51(116)63(34(14-97)136-73)141-77-56(121)54(119)45(110)29(9-92)131-77/h20,26-81,90-100,107-126H,6-19H2,1-5H3,(H,84,101)(H,85,102)(H,86,103)(H,87,104)(H,88,105)(H,89,106)(H,127,128)/t26-,27+,28-,29-,30-,31-,32-,33-,34-,35-,36-,37-,38-,39-,40-,41-,42-,43-,44-,45+,46+,47+,48+,49+,50-,51-,52-,53-,54+,55-,56-,57-,58-,59-,60-,61-,62-,63-,64-,65-,66-,67-,68+,69+,70+,71+,72-,73+,74+,75+,76-,77+,78+,79+,80+,81+,83+/m1/s1. The van der Waals surface area contributed by atoms with Gasteiger partial charge in [0.15, 0.2) is 62.9 Å². The number of carbonyl (C=O) groups excluding carboxylic acids is 6. The molecule has 11 aliphatic rings. The maximum Gasteiger partial charge on any atom is 0.364 e. The van der Waals surface area contributed by atoms with Crippen LogP contribution in [0.25, 0.3) is 0 Å². The number of carboxylic acid groups (broad SMARTS) is 1. The summed E-state index contributed by atoms with van der Waals surface area (Å²) in [6.45, 7) is -9.97. The SMILES string of the molecule is CC(=O)N[C@H]1[C@H](O[C@H]2[C@@H](O)[C@@H](CO)O[C@@H](O[C@H]3[C@H](O)[C@@H](NC(C)=O)[C@H](OC[C@H]4O[C@@H](O[C@H]5[C@H](O)[C@@H](NC(C)=O)[C@H](O[C@H]6[C@@H](O)[C@@H](CO)O[C@@H](O[C@H]7[C@H](O)[C@@H](O)[C@H](OC[C@@H](CO)NC=O)O[C@@H]7CO)[C@@H]6O)O[C@@H]5CO)[C@H](O)[C@@H](O[C@@H]5O[C@H](CO)[C@@H](O[C@@H]6O[C@H](CO)[C@H](O)[C@H](O[C@]7(C(=O)O)C[C@H](O)[C@@H](NC(C)=O)[C@H]([C@H](O)[C@H](O)CO)O7)[C@H]6O)[C@H](O)[C@H]5NC(C)=O)[C@H]4O)O[C@@H]3CO)[C@@H]2O)O[C@H](CO)[C@@H](O[C@@H]2O[C@H](CO)[C@H](O)[C@H](O)[C@H]2O)[C@@H]1O. The minimum atomic E-state index is -3.36. The Morgan fingerprint density at radius 1 is 0.307 bits per heavy atom. The highest BCUT2D eigenvalue weighted by Gasteiger charge is 2.65. The summed E-state index contributed by atoms with van der Waals surface area (Å²) in [6, 6.07) is -11.1. The van der Waals surface area contributed by atoms with Crippen molar-refractivity contribution in [1.29, 1.82) is 0 Å². The summed E-state index contributed by atoms with van der Waals surface area (Å²) >= 11 is 0. The molecule has 0 aromatic heterocycles. The molecule has 0 unspecified atom stereocenters. The van der Waals surface area contributed by atoms with Crippen LogP contribution in [0.1, 0.15) is 41.0 Å². The van der Waals surface area contributed by atoms with E-state index in [2.05, 4.69) is 31.9 Å². The summed E-state index contributed by atoms with van der Waals surface area (Å²) in [5.41, 5.74) is 0. The van der Waals surface area contributed by atoms with Gasteiger partial charge in [-0.1, -0.05) is 0 Å². The molecule has 67 nitrogen and oxygen atoms in total. The molecule has 0 spiro atoms. The van der Waals surface area contributed by atoms with Crippen LogP contribution >= 0.6 is 0 Å². The maximum atomic E-state index is 13.5. The van der Waals surface area contributed by atoms with Crippen molar-refractivity contribution < 1.29 is 301 Å². The number of hydrogen-bond acceptors (Lipinski definition) is 60. The number of ether oxygens (including phenoxy) is 22. The Hall–Kier alpha value is -5.83. The lowest BCUT2D eigenvalue weighted by Gasteiger charge is -2.51. The first kappa shape index (κ1) is 124. The third-order valence-corrected chi connectivity index (χ3v) is 26.9. The molecule has 6 amide bonds. The summed E-state index contributed by atoms with van der Waals surface area (Å²) in [6.07, 6.45) is -111. The van der Waals surface area contributed by atoms with Crippen molar-refractivity contribution in [2.75, 3.05) is 85.9 Å². The van der Waals surface area contributed by atoms with Gasteiger partial charge in [-0.25, -0.2) is 4.79 Å². The number of amides is 6. The van der Waals surface area contributed by atoms with Gasteiger partial charge < -0.3 is 300 Å². The van der Waals surface area contributed by atoms with Gasteiger partial charge in [0, 0.05) is 41.0 Å². The molecule has 11 saturated heterocycles. The van der Waals surface area contributed by atoms with Crippen molar-refractivity contribution in [2.45, 2.75) is 390 Å². The van der Waals surface area contributed by atoms with Crippen molar-refractivity contribution in [3.05, 3.63) is 0 Å². The number of rotatable bonds is 45. The Kier molecular flexibility index (Phi) is 45.7. The molecule has 0 saturated carbocycles. The van der Waals surface area contributed by atoms with E-state index < -0.39 is 477 Å². The minimum Gasteiger partial charge on any atom is -0.477 e. The number of nitrogens with one attached hydrogen (secondary N) is 6. The fourth-order valence-electron chi connectivity index (χ4n) is 19.2. The van der Waals surface area contributed by atoms with E-state index in [4.69, 9.17) is 104 Å². The van der Waals surface area contributed by atoms with Crippen LogP contribution in [0.2, 0.25) is 0 Å². The Morgan fingerprint density at radius 3 is 0.920 bits per heavy atom. The van der Waals surface area contributed by atoms with Crippen molar-refractivity contribution in [3.63, 3.8) is 0 Å². The quantitative estimate of drug-likeness (QED) is 0.0252. The zero-order valence-corrected chi connectivity index (χ0v) is 80.5. The van der Waals surface area contributed by atoms with Gasteiger partial charge in [0.25, 0.3) is 5.79 Å². The lowest BCUT2D eigenvalue weighted by molar-refractivity contribution is -0.393. The average molecular weight is 2200 g/mol. The first-order valence-electron chi connectivity index (χ1n) is 47.5. The van der Waals surface area contributed by atoms with Crippen LogP contribution in [0.5, 0.6) is 0 Å². The lowest BCUT2D eigenvalue weighted by Crippen LogP contribution is -2.71. The van der Waals surface area contributed by atoms with E-state index >= 15 is 0 Å². The van der Waals surface area contributed by atoms with Crippen LogP contribution in [0.15, 0.2) is 0 Å². The van der Waals surface area contributed by atoms with Crippen LogP contribution in [0, 0.1) is 0 Å². The molecule has 11 rings (SSSR count). The molecule has 67 heteroatoms. The normalized spacial score (nSPS) is 46.3. The molecule has 0 bridgehead atoms. The van der Waals surface area contributed by atoms with Crippen LogP contribution in [-0.4, -0.2) is 640 Å². The monoisotopic (exact) mass is 2190 g/mol. The summed E-state index contributed by atoms with van der Waals surface area (Å²) in [7, 11) is 0. The predicted octanol–water partition coefficient (Wildman–Crippen LogP) is -25.9. The highest BCUT2D eigenvalue weighted by Crippen LogP contribution is 2.44. The molecular formula is C83H138N6O61. The molecule has 38 N–H and O–H groups in total. The molecule has 11 aliphatic heterocycles. The van der Waals surface area contributed by atoms with Crippen molar-refractivity contribution in [3.8, 4) is 0 Å². The number of carboxylic acids is 1. The van der Waals surface area contributed by atoms with E-state index in [0.29, 0.717) is 0 Å². The summed E-state index contributed by atoms with van der Waals surface area (Å²) < 4.78 is 130. The van der Waals surface area contributed by atoms with Gasteiger partial charge in [0.05, 0.1) is 104 Å². The van der Waals surface area contributed by atoms with Gasteiger partial charge in [-0.15, -0.1) is 0 Å². The van der Waals surface area contributed by atoms with Crippen LogP contribution in [0.3, 0.4) is 0 Å². The number of hydrogen-bond donors (Lipinski definition) is 38. The zero-order chi connectivity index (χ0) is 111. The van der Waals surface area contributed by atoms with Gasteiger partial charge in [-0.05, 0) is 0 Å². The first-order chi connectivity index (χ1) is 71.0. The molecule has 0 aliphatic carbocycles. The third-order valence-electron chi connectivity index (χ3n) is 26.9. The van der Waals surface area contributed by atoms with Crippen LogP contribution < -0.4 is 31.9 Å². The Bertz CT molecular complexity index is 4230. The van der Waals surface area contributed by atoms with Gasteiger partial charge in [0.2, 0.25) is 35.9 Å². The molecule has 57 atom stereocenters. The molecule has 11 heterocycles. The Morgan fingerprint density at radius 2 is 0.587 bits per heavy atom. The van der Waals surface area contributed by atoms with E-state index in [1.54, 1.807) is 0 Å². The number of carbonyl (C=O) groups is 7. The number of aliphatic hydroxyl groups excluding tert-OH is 31. The molecule has 0 aromatic rings. The summed E-state index contributed by atoms with van der Waals surface area (Å²) in [4.78, 5) is 89.8. The highest BCUT2D eigenvalue weighted by molar-refractivity contribution is 5.77. The molecule has 866 valence electrons. The summed E-state index contributed by atoms with van der Waals surface area (Å²) in [5, 5.41) is 374. The van der Waals surface area contributed by atoms with Crippen molar-refractivity contribution >= 4 is 41.9 Å². The first-order valence-corrected chi connectivity index (χ1v) is 47.5. The lowest BCUT2D eigenvalue weighted by atomic mass is 9.88. The van der Waals surface area contributed by atoms with E-state index in [0.717, 1.165) is 34.6 Å². The smallest absolute Gasteiger partial charge is 0.364 e. The summed E-state index contributed by atoms with van der Waals surface area (Å²) in [5.74, 6) is -10.6. The van der Waals surface area contributed by atoms with E-state index in [9.17, 15) is 197 Å². The van der Waals surface area contributed by atoms with Gasteiger partial charge in [-0.2, -0.15) is 0 Å². The van der Waals surface area contributed by atoms with Crippen molar-refractivity contribution in [1.82, 2.24) is 31.9 Å². The topological polar surface area (TPSA) is 1040 Å². The fourth-order valence-corrected chi connectivity index (χ4v) is 19.2. The predicted molar refractivity (Wildman–Crippen MR) is 461 cm³/mol. The Labute approximate surface area is 848 Å².